The Morgan fingerprint density at radius 1 is 1.44 bits per heavy atom. The Balaban J connectivity index is 2.10. The summed E-state index contributed by atoms with van der Waals surface area (Å²) >= 11 is 0. The highest BCUT2D eigenvalue weighted by atomic mass is 16.3. The van der Waals surface area contributed by atoms with Crippen molar-refractivity contribution < 1.29 is 4.42 Å². The van der Waals surface area contributed by atoms with E-state index in [1.165, 1.54) is 19.4 Å². The maximum atomic E-state index is 5.86. The second-order valence-electron chi connectivity index (χ2n) is 5.84. The molecule has 0 spiro atoms. The zero-order valence-electron chi connectivity index (χ0n) is 12.1. The first-order valence-electron chi connectivity index (χ1n) is 7.08. The molecule has 3 heteroatoms. The van der Waals surface area contributed by atoms with Gasteiger partial charge >= 0.3 is 0 Å². The average molecular weight is 250 g/mol. The Labute approximate surface area is 111 Å². The number of rotatable bonds is 4. The molecule has 1 aromatic heterocycles. The SMILES string of the molecule is Cc1ccc(C2C(CNC(C)C)CCCN2C)o1. The topological polar surface area (TPSA) is 28.4 Å². The molecular formula is C15H26N2O. The number of nitrogens with zero attached hydrogens (tertiary/aromatic N) is 1. The molecule has 0 radical (unpaired) electrons. The van der Waals surface area contributed by atoms with Gasteiger partial charge in [0.1, 0.15) is 11.5 Å². The fourth-order valence-electron chi connectivity index (χ4n) is 2.92. The highest BCUT2D eigenvalue weighted by Crippen LogP contribution is 2.35. The van der Waals surface area contributed by atoms with Gasteiger partial charge in [0, 0.05) is 12.6 Å². The van der Waals surface area contributed by atoms with Crippen molar-refractivity contribution in [3.05, 3.63) is 23.7 Å². The van der Waals surface area contributed by atoms with Gasteiger partial charge in [-0.2, -0.15) is 0 Å². The van der Waals surface area contributed by atoms with Crippen LogP contribution in [0.4, 0.5) is 0 Å². The normalized spacial score (nSPS) is 25.8. The van der Waals surface area contributed by atoms with E-state index < -0.39 is 0 Å². The summed E-state index contributed by atoms with van der Waals surface area (Å²) in [5.74, 6) is 2.79. The van der Waals surface area contributed by atoms with E-state index in [4.69, 9.17) is 4.42 Å². The van der Waals surface area contributed by atoms with Crippen molar-refractivity contribution in [2.75, 3.05) is 20.1 Å². The summed E-state index contributed by atoms with van der Waals surface area (Å²) in [6.45, 7) is 8.68. The molecule has 1 N–H and O–H groups in total. The summed E-state index contributed by atoms with van der Waals surface area (Å²) in [5, 5.41) is 3.57. The molecule has 0 amide bonds. The lowest BCUT2D eigenvalue weighted by molar-refractivity contribution is 0.0991. The Kier molecular flexibility index (Phi) is 4.46. The first-order chi connectivity index (χ1) is 8.58. The first kappa shape index (κ1) is 13.6. The Morgan fingerprint density at radius 2 is 2.22 bits per heavy atom. The van der Waals surface area contributed by atoms with Gasteiger partial charge in [0.15, 0.2) is 0 Å². The first-order valence-corrected chi connectivity index (χ1v) is 7.08. The molecule has 1 aliphatic heterocycles. The molecule has 0 aromatic carbocycles. The molecule has 2 heterocycles. The van der Waals surface area contributed by atoms with E-state index in [0.717, 1.165) is 18.1 Å². The average Bonchev–Trinajstić information content (AvgIpc) is 2.72. The number of furan rings is 1. The van der Waals surface area contributed by atoms with Gasteiger partial charge in [0.2, 0.25) is 0 Å². The Bertz CT molecular complexity index is 372. The van der Waals surface area contributed by atoms with Crippen LogP contribution in [0.15, 0.2) is 16.5 Å². The minimum absolute atomic E-state index is 0.429. The van der Waals surface area contributed by atoms with Gasteiger partial charge in [-0.3, -0.25) is 4.90 Å². The fraction of sp³-hybridized carbons (Fsp3) is 0.733. The second kappa shape index (κ2) is 5.89. The molecule has 0 aliphatic carbocycles. The van der Waals surface area contributed by atoms with E-state index in [-0.39, 0.29) is 0 Å². The number of piperidine rings is 1. The summed E-state index contributed by atoms with van der Waals surface area (Å²) in [6, 6.07) is 5.20. The van der Waals surface area contributed by atoms with Crippen LogP contribution in [0, 0.1) is 12.8 Å². The molecule has 1 aromatic rings. The summed E-state index contributed by atoms with van der Waals surface area (Å²) < 4.78 is 5.86. The number of aryl methyl sites for hydroxylation is 1. The molecule has 2 rings (SSSR count). The zero-order valence-corrected chi connectivity index (χ0v) is 12.1. The minimum Gasteiger partial charge on any atom is -0.465 e. The maximum absolute atomic E-state index is 5.86. The maximum Gasteiger partial charge on any atom is 0.121 e. The van der Waals surface area contributed by atoms with E-state index in [1.807, 2.05) is 6.92 Å². The molecule has 3 nitrogen and oxygen atoms in total. The van der Waals surface area contributed by atoms with E-state index in [9.17, 15) is 0 Å². The lowest BCUT2D eigenvalue weighted by atomic mass is 9.87. The highest BCUT2D eigenvalue weighted by molar-refractivity contribution is 5.12. The van der Waals surface area contributed by atoms with Gasteiger partial charge in [0.25, 0.3) is 0 Å². The van der Waals surface area contributed by atoms with Gasteiger partial charge in [0.05, 0.1) is 6.04 Å². The standard InChI is InChI=1S/C15H26N2O/c1-11(2)16-10-13-6-5-9-17(4)15(13)14-8-7-12(3)18-14/h7-8,11,13,15-16H,5-6,9-10H2,1-4H3. The predicted molar refractivity (Wildman–Crippen MR) is 74.7 cm³/mol. The zero-order chi connectivity index (χ0) is 13.1. The summed E-state index contributed by atoms with van der Waals surface area (Å²) in [5.41, 5.74) is 0. The molecule has 2 unspecified atom stereocenters. The monoisotopic (exact) mass is 250 g/mol. The molecule has 1 fully saturated rings. The summed E-state index contributed by atoms with van der Waals surface area (Å²) in [6.07, 6.45) is 2.58. The second-order valence-corrected chi connectivity index (χ2v) is 5.84. The van der Waals surface area contributed by atoms with Crippen LogP contribution in [0.1, 0.15) is 44.3 Å². The van der Waals surface area contributed by atoms with Crippen LogP contribution in [0.3, 0.4) is 0 Å². The molecule has 1 saturated heterocycles. The minimum atomic E-state index is 0.429. The largest absolute Gasteiger partial charge is 0.465 e. The molecule has 102 valence electrons. The van der Waals surface area contributed by atoms with Gasteiger partial charge in [-0.15, -0.1) is 0 Å². The third-order valence-electron chi connectivity index (χ3n) is 3.85. The lowest BCUT2D eigenvalue weighted by Crippen LogP contribution is -2.41. The van der Waals surface area contributed by atoms with Crippen LogP contribution in [0.25, 0.3) is 0 Å². The molecule has 18 heavy (non-hydrogen) atoms. The van der Waals surface area contributed by atoms with Crippen LogP contribution >= 0.6 is 0 Å². The molecule has 1 aliphatic rings. The van der Waals surface area contributed by atoms with Crippen LogP contribution in [0.2, 0.25) is 0 Å². The van der Waals surface area contributed by atoms with E-state index in [0.29, 0.717) is 18.0 Å². The third kappa shape index (κ3) is 3.15. The van der Waals surface area contributed by atoms with Crippen molar-refractivity contribution in [3.8, 4) is 0 Å². The van der Waals surface area contributed by atoms with Crippen LogP contribution in [0.5, 0.6) is 0 Å². The quantitative estimate of drug-likeness (QED) is 0.890. The molecule has 0 saturated carbocycles. The van der Waals surface area contributed by atoms with Crippen molar-refractivity contribution in [1.29, 1.82) is 0 Å². The Morgan fingerprint density at radius 3 is 2.83 bits per heavy atom. The van der Waals surface area contributed by atoms with Crippen molar-refractivity contribution in [3.63, 3.8) is 0 Å². The number of hydrogen-bond donors (Lipinski definition) is 1. The highest BCUT2D eigenvalue weighted by Gasteiger charge is 2.32. The molecular weight excluding hydrogens is 224 g/mol. The van der Waals surface area contributed by atoms with Crippen LogP contribution in [-0.4, -0.2) is 31.1 Å². The number of likely N-dealkylation sites (tertiary alicyclic amines) is 1. The van der Waals surface area contributed by atoms with Crippen molar-refractivity contribution in [1.82, 2.24) is 10.2 Å². The van der Waals surface area contributed by atoms with Crippen LogP contribution in [-0.2, 0) is 0 Å². The van der Waals surface area contributed by atoms with Crippen molar-refractivity contribution in [2.24, 2.45) is 5.92 Å². The van der Waals surface area contributed by atoms with Crippen molar-refractivity contribution in [2.45, 2.75) is 45.7 Å². The van der Waals surface area contributed by atoms with E-state index in [2.05, 4.69) is 43.2 Å². The lowest BCUT2D eigenvalue weighted by Gasteiger charge is -2.38. The smallest absolute Gasteiger partial charge is 0.121 e. The molecule has 2 atom stereocenters. The van der Waals surface area contributed by atoms with Gasteiger partial charge < -0.3 is 9.73 Å². The van der Waals surface area contributed by atoms with E-state index >= 15 is 0 Å². The van der Waals surface area contributed by atoms with Crippen molar-refractivity contribution >= 4 is 0 Å². The van der Waals surface area contributed by atoms with Gasteiger partial charge in [-0.05, 0) is 51.4 Å². The Hall–Kier alpha value is -0.800. The third-order valence-corrected chi connectivity index (χ3v) is 3.85. The summed E-state index contributed by atoms with van der Waals surface area (Å²) in [4.78, 5) is 2.44. The number of nitrogens with one attached hydrogen (secondary N) is 1. The van der Waals surface area contributed by atoms with Gasteiger partial charge in [-0.1, -0.05) is 13.8 Å². The predicted octanol–water partition coefficient (Wildman–Crippen LogP) is 2.97. The number of hydrogen-bond acceptors (Lipinski definition) is 3. The van der Waals surface area contributed by atoms with E-state index in [1.54, 1.807) is 0 Å². The fourth-order valence-corrected chi connectivity index (χ4v) is 2.92. The summed E-state index contributed by atoms with van der Waals surface area (Å²) in [7, 11) is 2.21. The molecule has 0 bridgehead atoms. The van der Waals surface area contributed by atoms with Crippen LogP contribution < -0.4 is 5.32 Å². The van der Waals surface area contributed by atoms with Gasteiger partial charge in [-0.25, -0.2) is 0 Å².